The second kappa shape index (κ2) is 5.08. The predicted octanol–water partition coefficient (Wildman–Crippen LogP) is 3.99. The summed E-state index contributed by atoms with van der Waals surface area (Å²) in [5.74, 6) is 0.869. The van der Waals surface area contributed by atoms with E-state index >= 15 is 0 Å². The normalized spacial score (nSPS) is 11.3. The van der Waals surface area contributed by atoms with Gasteiger partial charge in [-0.3, -0.25) is 4.98 Å². The van der Waals surface area contributed by atoms with Gasteiger partial charge < -0.3 is 4.74 Å². The summed E-state index contributed by atoms with van der Waals surface area (Å²) in [5, 5.41) is 0. The first-order valence-electron chi connectivity index (χ1n) is 5.14. The zero-order valence-electron chi connectivity index (χ0n) is 9.19. The third-order valence-corrected chi connectivity index (χ3v) is 2.04. The molecule has 0 N–H and O–H groups in total. The fourth-order valence-corrected chi connectivity index (χ4v) is 1.36. The van der Waals surface area contributed by atoms with Crippen molar-refractivity contribution < 1.29 is 17.9 Å². The van der Waals surface area contributed by atoms with Crippen molar-refractivity contribution in [3.05, 3.63) is 60.8 Å². The van der Waals surface area contributed by atoms with Gasteiger partial charge in [0.1, 0.15) is 17.9 Å². The van der Waals surface area contributed by atoms with Crippen molar-refractivity contribution >= 4 is 0 Å². The number of pyridine rings is 1. The number of rotatable bonds is 3. The van der Waals surface area contributed by atoms with Crippen molar-refractivity contribution in [2.24, 2.45) is 0 Å². The number of hydrogen-bond donors (Lipinski definition) is 0. The second-order valence-corrected chi connectivity index (χ2v) is 3.52. The Hall–Kier alpha value is -2.04. The molecule has 0 saturated heterocycles. The lowest BCUT2D eigenvalue weighted by Crippen LogP contribution is -2.09. The molecule has 1 radical (unpaired) electrons. The molecule has 0 saturated carbocycles. The summed E-state index contributed by atoms with van der Waals surface area (Å²) in [6, 6.07) is 11.5. The van der Waals surface area contributed by atoms with E-state index in [1.165, 1.54) is 18.3 Å². The fraction of sp³-hybridized carbons (Fsp3) is 0.0769. The van der Waals surface area contributed by atoms with Gasteiger partial charge in [-0.25, -0.2) is 0 Å². The minimum absolute atomic E-state index is 0.130. The third kappa shape index (κ3) is 3.76. The summed E-state index contributed by atoms with van der Waals surface area (Å²) in [5.41, 5.74) is -0.184. The van der Waals surface area contributed by atoms with Gasteiger partial charge in [-0.05, 0) is 18.2 Å². The summed E-state index contributed by atoms with van der Waals surface area (Å²) >= 11 is 0. The lowest BCUT2D eigenvalue weighted by molar-refractivity contribution is -0.0931. The molecule has 5 heteroatoms. The molecule has 0 aliphatic carbocycles. The predicted molar refractivity (Wildman–Crippen MR) is 60.2 cm³/mol. The quantitative estimate of drug-likeness (QED) is 0.824. The lowest BCUT2D eigenvalue weighted by Gasteiger charge is -2.08. The van der Waals surface area contributed by atoms with E-state index in [1.54, 1.807) is 24.3 Å². The number of benzene rings is 1. The molecule has 18 heavy (non-hydrogen) atoms. The Morgan fingerprint density at radius 1 is 1.00 bits per heavy atom. The van der Waals surface area contributed by atoms with Crippen molar-refractivity contribution in [1.82, 2.24) is 4.98 Å². The lowest BCUT2D eigenvalue weighted by atomic mass is 10.2. The van der Waals surface area contributed by atoms with Gasteiger partial charge in [0.2, 0.25) is 0 Å². The van der Waals surface area contributed by atoms with Crippen LogP contribution in [-0.4, -0.2) is 11.2 Å². The zero-order valence-corrected chi connectivity index (χ0v) is 9.19. The summed E-state index contributed by atoms with van der Waals surface area (Å²) in [4.78, 5) is 3.61. The maximum atomic E-state index is 12.2. The Morgan fingerprint density at radius 3 is 2.39 bits per heavy atom. The van der Waals surface area contributed by atoms with E-state index in [2.05, 4.69) is 4.98 Å². The number of aromatic nitrogens is 1. The van der Waals surface area contributed by atoms with E-state index in [0.717, 1.165) is 0 Å². The van der Waals surface area contributed by atoms with E-state index < -0.39 is 6.18 Å². The molecular formula is C13H9F3NO. The molecule has 0 amide bonds. The van der Waals surface area contributed by atoms with Crippen LogP contribution >= 0.6 is 0 Å². The molecule has 0 atom stereocenters. The average Bonchev–Trinajstić information content (AvgIpc) is 2.28. The van der Waals surface area contributed by atoms with Gasteiger partial charge in [0.25, 0.3) is 0 Å². The first-order chi connectivity index (χ1) is 8.53. The molecular weight excluding hydrogens is 243 g/mol. The summed E-state index contributed by atoms with van der Waals surface area (Å²) in [7, 11) is 0. The Labute approximate surface area is 102 Å². The minimum atomic E-state index is -4.39. The van der Waals surface area contributed by atoms with E-state index in [0.29, 0.717) is 11.5 Å². The minimum Gasteiger partial charge on any atom is -0.457 e. The summed E-state index contributed by atoms with van der Waals surface area (Å²) in [6.45, 7) is 0. The average molecular weight is 252 g/mol. The summed E-state index contributed by atoms with van der Waals surface area (Å²) < 4.78 is 41.9. The van der Waals surface area contributed by atoms with Crippen LogP contribution in [-0.2, 0) is 0 Å². The molecule has 2 nitrogen and oxygen atoms in total. The van der Waals surface area contributed by atoms with Crippen molar-refractivity contribution in [3.63, 3.8) is 0 Å². The molecule has 1 aromatic heterocycles. The van der Waals surface area contributed by atoms with Crippen LogP contribution in [0.5, 0.6) is 11.5 Å². The third-order valence-electron chi connectivity index (χ3n) is 2.04. The van der Waals surface area contributed by atoms with Crippen LogP contribution in [0.15, 0.2) is 48.7 Å². The number of halogens is 3. The van der Waals surface area contributed by atoms with Gasteiger partial charge in [0, 0.05) is 12.3 Å². The number of nitrogens with zero attached hydrogens (tertiary/aromatic N) is 1. The van der Waals surface area contributed by atoms with E-state index in [-0.39, 0.29) is 12.1 Å². The largest absolute Gasteiger partial charge is 0.457 e. The molecule has 0 aliphatic heterocycles. The zero-order chi connectivity index (χ0) is 13.0. The number of ether oxygens (including phenoxy) is 1. The SMILES string of the molecule is FC(F)(F)[CH]c1cc(Oc2ccccc2)ccn1. The highest BCUT2D eigenvalue weighted by molar-refractivity contribution is 5.33. The van der Waals surface area contributed by atoms with Gasteiger partial charge in [-0.1, -0.05) is 18.2 Å². The van der Waals surface area contributed by atoms with Gasteiger partial charge in [-0.2, -0.15) is 13.2 Å². The van der Waals surface area contributed by atoms with Crippen LogP contribution in [0.2, 0.25) is 0 Å². The maximum Gasteiger partial charge on any atom is 0.398 e. The highest BCUT2D eigenvalue weighted by atomic mass is 19.4. The Bertz CT molecular complexity index is 511. The fourth-order valence-electron chi connectivity index (χ4n) is 1.36. The van der Waals surface area contributed by atoms with Crippen LogP contribution in [0.4, 0.5) is 13.2 Å². The molecule has 0 aliphatic rings. The van der Waals surface area contributed by atoms with Gasteiger partial charge >= 0.3 is 6.18 Å². The molecule has 93 valence electrons. The standard InChI is InChI=1S/C13H9F3NO/c14-13(15,16)9-10-8-12(6-7-17-10)18-11-4-2-1-3-5-11/h1-9H. The summed E-state index contributed by atoms with van der Waals surface area (Å²) in [6.07, 6.45) is -2.99. The van der Waals surface area contributed by atoms with E-state index in [4.69, 9.17) is 4.74 Å². The Morgan fingerprint density at radius 2 is 1.72 bits per heavy atom. The van der Waals surface area contributed by atoms with Crippen LogP contribution in [0.1, 0.15) is 5.69 Å². The molecule has 0 spiro atoms. The highest BCUT2D eigenvalue weighted by Crippen LogP contribution is 2.26. The topological polar surface area (TPSA) is 22.1 Å². The molecule has 0 unspecified atom stereocenters. The van der Waals surface area contributed by atoms with Crippen molar-refractivity contribution in [3.8, 4) is 11.5 Å². The van der Waals surface area contributed by atoms with E-state index in [1.807, 2.05) is 6.07 Å². The number of hydrogen-bond acceptors (Lipinski definition) is 2. The van der Waals surface area contributed by atoms with E-state index in [9.17, 15) is 13.2 Å². The van der Waals surface area contributed by atoms with Crippen molar-refractivity contribution in [1.29, 1.82) is 0 Å². The van der Waals surface area contributed by atoms with Crippen LogP contribution in [0.25, 0.3) is 0 Å². The molecule has 2 rings (SSSR count). The first kappa shape index (κ1) is 12.4. The van der Waals surface area contributed by atoms with Crippen LogP contribution < -0.4 is 4.74 Å². The number of para-hydroxylation sites is 1. The molecule has 1 heterocycles. The molecule has 2 aromatic rings. The Kier molecular flexibility index (Phi) is 3.50. The van der Waals surface area contributed by atoms with Crippen LogP contribution in [0.3, 0.4) is 0 Å². The van der Waals surface area contributed by atoms with Gasteiger partial charge in [-0.15, -0.1) is 0 Å². The van der Waals surface area contributed by atoms with Crippen LogP contribution in [0, 0.1) is 6.42 Å². The highest BCUT2D eigenvalue weighted by Gasteiger charge is 2.29. The maximum absolute atomic E-state index is 12.2. The molecule has 0 bridgehead atoms. The molecule has 0 fully saturated rings. The molecule has 1 aromatic carbocycles. The first-order valence-corrected chi connectivity index (χ1v) is 5.14. The number of alkyl halides is 3. The monoisotopic (exact) mass is 252 g/mol. The smallest absolute Gasteiger partial charge is 0.398 e. The van der Waals surface area contributed by atoms with Gasteiger partial charge in [0.05, 0.1) is 5.69 Å². The Balaban J connectivity index is 2.13. The van der Waals surface area contributed by atoms with Gasteiger partial charge in [0.15, 0.2) is 0 Å². The second-order valence-electron chi connectivity index (χ2n) is 3.52. The van der Waals surface area contributed by atoms with Crippen molar-refractivity contribution in [2.45, 2.75) is 6.18 Å². The van der Waals surface area contributed by atoms with Crippen molar-refractivity contribution in [2.75, 3.05) is 0 Å².